The summed E-state index contributed by atoms with van der Waals surface area (Å²) in [5.74, 6) is 1.35. The molecule has 0 aliphatic rings. The van der Waals surface area contributed by atoms with E-state index in [1.54, 1.807) is 10.6 Å². The normalized spacial score (nSPS) is 11.8. The Labute approximate surface area is 152 Å². The highest BCUT2D eigenvalue weighted by atomic mass is 32.2. The summed E-state index contributed by atoms with van der Waals surface area (Å²) in [6.45, 7) is 4.50. The van der Waals surface area contributed by atoms with Gasteiger partial charge in [0.05, 0.1) is 6.33 Å². The third-order valence-corrected chi connectivity index (χ3v) is 5.04. The number of nitrogens with one attached hydrogen (secondary N) is 2. The molecule has 0 aliphatic heterocycles. The first-order valence-electron chi connectivity index (χ1n) is 8.18. The standard InChI is InChI=1S/C16H21N7O2S/c1-13(2)23-10-16(20-12-23)26(24,25)21-6-5-17-14-9-15(19-11-18-14)22-7-3-4-8-22/h3-4,7-13,21H,5-6H2,1-2H3,(H,17,18,19). The summed E-state index contributed by atoms with van der Waals surface area (Å²) in [5.41, 5.74) is 0. The highest BCUT2D eigenvalue weighted by molar-refractivity contribution is 7.89. The molecule has 26 heavy (non-hydrogen) atoms. The van der Waals surface area contributed by atoms with Gasteiger partial charge in [0.15, 0.2) is 5.03 Å². The molecular weight excluding hydrogens is 354 g/mol. The minimum absolute atomic E-state index is 0.0168. The molecular formula is C16H21N7O2S. The Morgan fingerprint density at radius 3 is 2.58 bits per heavy atom. The van der Waals surface area contributed by atoms with Crippen molar-refractivity contribution in [2.24, 2.45) is 0 Å². The van der Waals surface area contributed by atoms with Crippen molar-refractivity contribution in [1.82, 2.24) is 28.8 Å². The maximum atomic E-state index is 12.2. The molecule has 0 amide bonds. The summed E-state index contributed by atoms with van der Waals surface area (Å²) in [5, 5.41) is 3.09. The summed E-state index contributed by atoms with van der Waals surface area (Å²) in [6, 6.07) is 5.76. The first kappa shape index (κ1) is 18.1. The molecule has 3 heterocycles. The molecule has 9 nitrogen and oxygen atoms in total. The van der Waals surface area contributed by atoms with Gasteiger partial charge < -0.3 is 14.5 Å². The lowest BCUT2D eigenvalue weighted by molar-refractivity contribution is 0.577. The average molecular weight is 375 g/mol. The van der Waals surface area contributed by atoms with Gasteiger partial charge in [-0.15, -0.1) is 0 Å². The molecule has 10 heteroatoms. The van der Waals surface area contributed by atoms with Crippen molar-refractivity contribution in [3.05, 3.63) is 49.4 Å². The van der Waals surface area contributed by atoms with E-state index in [1.807, 2.05) is 42.9 Å². The second-order valence-electron chi connectivity index (χ2n) is 5.93. The van der Waals surface area contributed by atoms with E-state index in [1.165, 1.54) is 18.9 Å². The van der Waals surface area contributed by atoms with Crippen LogP contribution in [-0.2, 0) is 10.0 Å². The van der Waals surface area contributed by atoms with E-state index < -0.39 is 10.0 Å². The van der Waals surface area contributed by atoms with Crippen LogP contribution in [0.2, 0.25) is 0 Å². The Hall–Kier alpha value is -2.72. The van der Waals surface area contributed by atoms with Crippen molar-refractivity contribution < 1.29 is 8.42 Å². The van der Waals surface area contributed by atoms with Crippen molar-refractivity contribution in [1.29, 1.82) is 0 Å². The Morgan fingerprint density at radius 2 is 1.88 bits per heavy atom. The van der Waals surface area contributed by atoms with Gasteiger partial charge in [-0.2, -0.15) is 0 Å². The topological polar surface area (TPSA) is 107 Å². The van der Waals surface area contributed by atoms with Crippen molar-refractivity contribution in [3.8, 4) is 5.82 Å². The number of rotatable bonds is 8. The fourth-order valence-electron chi connectivity index (χ4n) is 2.26. The number of imidazole rings is 1. The Morgan fingerprint density at radius 1 is 1.12 bits per heavy atom. The Kier molecular flexibility index (Phi) is 5.33. The Balaban J connectivity index is 1.54. The van der Waals surface area contributed by atoms with E-state index in [0.717, 1.165) is 5.82 Å². The van der Waals surface area contributed by atoms with Gasteiger partial charge in [0.1, 0.15) is 18.0 Å². The first-order valence-corrected chi connectivity index (χ1v) is 9.66. The number of sulfonamides is 1. The summed E-state index contributed by atoms with van der Waals surface area (Å²) >= 11 is 0. The summed E-state index contributed by atoms with van der Waals surface area (Å²) in [4.78, 5) is 12.3. The van der Waals surface area contributed by atoms with Crippen LogP contribution in [0, 0.1) is 0 Å². The molecule has 0 aromatic carbocycles. The third kappa shape index (κ3) is 4.27. The van der Waals surface area contributed by atoms with Crippen molar-refractivity contribution >= 4 is 15.8 Å². The zero-order valence-corrected chi connectivity index (χ0v) is 15.4. The monoisotopic (exact) mass is 375 g/mol. The fourth-order valence-corrected chi connectivity index (χ4v) is 3.23. The largest absolute Gasteiger partial charge is 0.369 e. The van der Waals surface area contributed by atoms with E-state index >= 15 is 0 Å². The van der Waals surface area contributed by atoms with Gasteiger partial charge in [-0.3, -0.25) is 0 Å². The molecule has 0 radical (unpaired) electrons. The van der Waals surface area contributed by atoms with Crippen LogP contribution in [0.4, 0.5) is 5.82 Å². The van der Waals surface area contributed by atoms with Crippen molar-refractivity contribution in [3.63, 3.8) is 0 Å². The first-order chi connectivity index (χ1) is 12.5. The molecule has 0 bridgehead atoms. The van der Waals surface area contributed by atoms with Gasteiger partial charge >= 0.3 is 0 Å². The molecule has 3 rings (SSSR count). The molecule has 0 saturated carbocycles. The van der Waals surface area contributed by atoms with E-state index in [2.05, 4.69) is 25.0 Å². The predicted octanol–water partition coefficient (Wildman–Crippen LogP) is 1.44. The number of nitrogens with zero attached hydrogens (tertiary/aromatic N) is 5. The number of aromatic nitrogens is 5. The molecule has 0 unspecified atom stereocenters. The second kappa shape index (κ2) is 7.67. The van der Waals surface area contributed by atoms with E-state index in [0.29, 0.717) is 12.4 Å². The summed E-state index contributed by atoms with van der Waals surface area (Å²) in [7, 11) is -3.63. The van der Waals surface area contributed by atoms with E-state index in [9.17, 15) is 8.42 Å². The van der Waals surface area contributed by atoms with Gasteiger partial charge in [-0.05, 0) is 26.0 Å². The molecule has 0 saturated heterocycles. The minimum atomic E-state index is -3.63. The zero-order valence-electron chi connectivity index (χ0n) is 14.6. The fraction of sp³-hybridized carbons (Fsp3) is 0.312. The number of hydrogen-bond acceptors (Lipinski definition) is 6. The lowest BCUT2D eigenvalue weighted by Gasteiger charge is -2.08. The van der Waals surface area contributed by atoms with Crippen LogP contribution in [0.3, 0.4) is 0 Å². The SMILES string of the molecule is CC(C)n1cnc(S(=O)(=O)NCCNc2cc(-n3cccc3)ncn2)c1. The highest BCUT2D eigenvalue weighted by Crippen LogP contribution is 2.10. The van der Waals surface area contributed by atoms with Gasteiger partial charge in [0.2, 0.25) is 0 Å². The van der Waals surface area contributed by atoms with Gasteiger partial charge in [-0.1, -0.05) is 0 Å². The summed E-state index contributed by atoms with van der Waals surface area (Å²) in [6.07, 6.45) is 8.27. The molecule has 2 N–H and O–H groups in total. The van der Waals surface area contributed by atoms with Crippen molar-refractivity contribution in [2.45, 2.75) is 24.9 Å². The Bertz CT molecular complexity index is 949. The van der Waals surface area contributed by atoms with Gasteiger partial charge in [0.25, 0.3) is 10.0 Å². The molecule has 0 atom stereocenters. The quantitative estimate of drug-likeness (QED) is 0.577. The lowest BCUT2D eigenvalue weighted by atomic mass is 10.4. The average Bonchev–Trinajstić information content (AvgIpc) is 3.30. The van der Waals surface area contributed by atoms with Crippen LogP contribution in [0.5, 0.6) is 0 Å². The highest BCUT2D eigenvalue weighted by Gasteiger charge is 2.17. The molecule has 3 aromatic heterocycles. The van der Waals surface area contributed by atoms with Crippen LogP contribution in [0.1, 0.15) is 19.9 Å². The van der Waals surface area contributed by atoms with Crippen LogP contribution >= 0.6 is 0 Å². The maximum absolute atomic E-state index is 12.2. The van der Waals surface area contributed by atoms with Crippen LogP contribution in [0.25, 0.3) is 5.82 Å². The molecule has 0 spiro atoms. The van der Waals surface area contributed by atoms with Crippen LogP contribution in [0.15, 0.2) is 54.5 Å². The maximum Gasteiger partial charge on any atom is 0.259 e. The molecule has 138 valence electrons. The lowest BCUT2D eigenvalue weighted by Crippen LogP contribution is -2.29. The molecule has 3 aromatic rings. The molecule has 0 aliphatic carbocycles. The summed E-state index contributed by atoms with van der Waals surface area (Å²) < 4.78 is 30.6. The minimum Gasteiger partial charge on any atom is -0.369 e. The number of hydrogen-bond donors (Lipinski definition) is 2. The van der Waals surface area contributed by atoms with E-state index in [4.69, 9.17) is 0 Å². The number of anilines is 1. The van der Waals surface area contributed by atoms with Gasteiger partial charge in [-0.25, -0.2) is 28.1 Å². The zero-order chi connectivity index (χ0) is 18.6. The van der Waals surface area contributed by atoms with E-state index in [-0.39, 0.29) is 17.6 Å². The van der Waals surface area contributed by atoms with Gasteiger partial charge in [0, 0.05) is 43.8 Å². The second-order valence-corrected chi connectivity index (χ2v) is 7.64. The van der Waals surface area contributed by atoms with Crippen molar-refractivity contribution in [2.75, 3.05) is 18.4 Å². The van der Waals surface area contributed by atoms with Crippen LogP contribution in [-0.4, -0.2) is 45.6 Å². The third-order valence-electron chi connectivity index (χ3n) is 3.69. The van der Waals surface area contributed by atoms with Crippen LogP contribution < -0.4 is 10.0 Å². The smallest absolute Gasteiger partial charge is 0.259 e. The predicted molar refractivity (Wildman–Crippen MR) is 97.6 cm³/mol. The molecule has 0 fully saturated rings.